The molecule has 3 atom stereocenters. The molecule has 2 aromatic carbocycles. The van der Waals surface area contributed by atoms with Crippen LogP contribution >= 0.6 is 18.5 Å². The molecule has 0 bridgehead atoms. The lowest BCUT2D eigenvalue weighted by atomic mass is 9.86. The molecule has 0 saturated carbocycles. The van der Waals surface area contributed by atoms with Crippen LogP contribution in [0.15, 0.2) is 66.9 Å². The van der Waals surface area contributed by atoms with Crippen LogP contribution in [0.25, 0.3) is 11.1 Å². The van der Waals surface area contributed by atoms with Gasteiger partial charge in [-0.25, -0.2) is 14.2 Å². The summed E-state index contributed by atoms with van der Waals surface area (Å²) in [6.07, 6.45) is 4.78. The van der Waals surface area contributed by atoms with Crippen molar-refractivity contribution in [3.63, 3.8) is 0 Å². The quantitative estimate of drug-likeness (QED) is 0.407. The minimum atomic E-state index is -0.317. The van der Waals surface area contributed by atoms with E-state index in [9.17, 15) is 9.18 Å². The smallest absolute Gasteiger partial charge is 0.321 e. The number of nitrogens with one attached hydrogen (secondary N) is 1. The van der Waals surface area contributed by atoms with E-state index in [1.165, 1.54) is 11.6 Å². The second-order valence-corrected chi connectivity index (χ2v) is 14.5. The summed E-state index contributed by atoms with van der Waals surface area (Å²) in [5.41, 5.74) is 3.16. The third kappa shape index (κ3) is 5.68. The van der Waals surface area contributed by atoms with Gasteiger partial charge in [-0.15, -0.1) is 18.5 Å². The zero-order chi connectivity index (χ0) is 27.0. The average Bonchev–Trinajstić information content (AvgIpc) is 3.63. The molecule has 204 valence electrons. The Morgan fingerprint density at radius 2 is 1.67 bits per heavy atom. The van der Waals surface area contributed by atoms with Gasteiger partial charge in [0.1, 0.15) is 5.82 Å². The van der Waals surface area contributed by atoms with E-state index in [1.54, 1.807) is 24.4 Å². The van der Waals surface area contributed by atoms with Gasteiger partial charge < -0.3 is 15.1 Å². The number of urea groups is 1. The molecule has 3 unspecified atom stereocenters. The van der Waals surface area contributed by atoms with E-state index in [4.69, 9.17) is 0 Å². The lowest BCUT2D eigenvalue weighted by Gasteiger charge is -2.27. The van der Waals surface area contributed by atoms with Crippen LogP contribution in [0.3, 0.4) is 0 Å². The fraction of sp³-hybridized carbons (Fsp3) is 0.400. The van der Waals surface area contributed by atoms with Crippen molar-refractivity contribution in [3.05, 3.63) is 78.2 Å². The summed E-state index contributed by atoms with van der Waals surface area (Å²) in [6.45, 7) is 6.04. The van der Waals surface area contributed by atoms with Crippen molar-refractivity contribution in [3.8, 4) is 11.1 Å². The Labute approximate surface area is 234 Å². The highest BCUT2D eigenvalue weighted by molar-refractivity contribution is 7.40. The van der Waals surface area contributed by atoms with Gasteiger partial charge in [-0.3, -0.25) is 4.90 Å². The Bertz CT molecular complexity index is 1360. The number of hydrogen-bond acceptors (Lipinski definition) is 4. The minimum Gasteiger partial charge on any atom is -0.354 e. The standard InChI is InChI=1S/C30H36FN5OP2/c31-25-9-5-4-8-23(25)24-10-14-32-27(35-17-13-30(38,39)21-35)26(24)33-28(37)36-16-12-29(20-36)11-15-34(19-29)18-22-6-2-1-3-7-22/h1-10,14H,11-13,15-21,38-39H2,(H,33,37). The summed E-state index contributed by atoms with van der Waals surface area (Å²) in [7, 11) is 5.82. The van der Waals surface area contributed by atoms with Gasteiger partial charge in [0.25, 0.3) is 0 Å². The van der Waals surface area contributed by atoms with Crippen molar-refractivity contribution in [2.75, 3.05) is 49.5 Å². The van der Waals surface area contributed by atoms with E-state index < -0.39 is 0 Å². The molecule has 3 fully saturated rings. The number of likely N-dealkylation sites (tertiary alicyclic amines) is 2. The molecule has 39 heavy (non-hydrogen) atoms. The molecular weight excluding hydrogens is 527 g/mol. The predicted octanol–water partition coefficient (Wildman–Crippen LogP) is 5.67. The highest BCUT2D eigenvalue weighted by atomic mass is 31.1. The fourth-order valence-corrected chi connectivity index (χ4v) is 7.09. The molecule has 2 amide bonds. The molecule has 3 saturated heterocycles. The lowest BCUT2D eigenvalue weighted by Crippen LogP contribution is -2.37. The maximum absolute atomic E-state index is 15.0. The number of pyridine rings is 1. The van der Waals surface area contributed by atoms with Gasteiger partial charge in [-0.05, 0) is 43.5 Å². The zero-order valence-electron chi connectivity index (χ0n) is 22.2. The Morgan fingerprint density at radius 1 is 0.897 bits per heavy atom. The molecule has 0 radical (unpaired) electrons. The molecule has 3 aliphatic heterocycles. The number of carbonyl (C=O) groups is 1. The number of amides is 2. The second kappa shape index (κ2) is 10.8. The van der Waals surface area contributed by atoms with E-state index in [0.29, 0.717) is 22.6 Å². The minimum absolute atomic E-state index is 0.00755. The Balaban J connectivity index is 1.22. The van der Waals surface area contributed by atoms with Gasteiger partial charge in [0.05, 0.1) is 5.69 Å². The van der Waals surface area contributed by atoms with E-state index in [2.05, 4.69) is 68.9 Å². The van der Waals surface area contributed by atoms with E-state index in [1.807, 2.05) is 11.0 Å². The maximum Gasteiger partial charge on any atom is 0.321 e. The van der Waals surface area contributed by atoms with Crippen LogP contribution in [0, 0.1) is 11.2 Å². The molecule has 6 rings (SSSR count). The van der Waals surface area contributed by atoms with Crippen molar-refractivity contribution in [1.29, 1.82) is 0 Å². The van der Waals surface area contributed by atoms with Crippen molar-refractivity contribution >= 4 is 36.0 Å². The Kier molecular flexibility index (Phi) is 7.35. The highest BCUT2D eigenvalue weighted by Crippen LogP contribution is 2.44. The van der Waals surface area contributed by atoms with Gasteiger partial charge in [0.2, 0.25) is 0 Å². The number of nitrogens with zero attached hydrogens (tertiary/aromatic N) is 4. The van der Waals surface area contributed by atoms with Gasteiger partial charge in [0, 0.05) is 66.9 Å². The predicted molar refractivity (Wildman–Crippen MR) is 163 cm³/mol. The van der Waals surface area contributed by atoms with Crippen LogP contribution < -0.4 is 10.2 Å². The van der Waals surface area contributed by atoms with Crippen molar-refractivity contribution < 1.29 is 9.18 Å². The van der Waals surface area contributed by atoms with Crippen LogP contribution in [0.2, 0.25) is 0 Å². The first kappa shape index (κ1) is 26.6. The molecule has 4 heterocycles. The summed E-state index contributed by atoms with van der Waals surface area (Å²) in [5.74, 6) is 0.377. The van der Waals surface area contributed by atoms with Crippen LogP contribution in [-0.4, -0.2) is 65.0 Å². The van der Waals surface area contributed by atoms with Crippen LogP contribution in [0.5, 0.6) is 0 Å². The van der Waals surface area contributed by atoms with E-state index in [-0.39, 0.29) is 22.2 Å². The molecule has 9 heteroatoms. The zero-order valence-corrected chi connectivity index (χ0v) is 24.5. The Hall–Kier alpha value is -2.59. The summed E-state index contributed by atoms with van der Waals surface area (Å²) < 4.78 is 15.0. The maximum atomic E-state index is 15.0. The van der Waals surface area contributed by atoms with Crippen molar-refractivity contribution in [2.24, 2.45) is 5.41 Å². The largest absolute Gasteiger partial charge is 0.354 e. The molecular formula is C30H36FN5OP2. The van der Waals surface area contributed by atoms with Crippen molar-refractivity contribution in [1.82, 2.24) is 14.8 Å². The summed E-state index contributed by atoms with van der Waals surface area (Å²) in [4.78, 5) is 25.1. The molecule has 0 aliphatic carbocycles. The van der Waals surface area contributed by atoms with Crippen LogP contribution in [-0.2, 0) is 6.54 Å². The molecule has 1 N–H and O–H groups in total. The normalized spacial score (nSPS) is 22.6. The second-order valence-electron chi connectivity index (χ2n) is 11.5. The first-order valence-electron chi connectivity index (χ1n) is 13.7. The molecule has 3 aromatic rings. The molecule has 1 aromatic heterocycles. The molecule has 1 spiro atoms. The lowest BCUT2D eigenvalue weighted by molar-refractivity contribution is 0.210. The third-order valence-electron chi connectivity index (χ3n) is 8.45. The van der Waals surface area contributed by atoms with Gasteiger partial charge >= 0.3 is 6.03 Å². The van der Waals surface area contributed by atoms with Gasteiger partial charge in [0.15, 0.2) is 5.82 Å². The van der Waals surface area contributed by atoms with E-state index in [0.717, 1.165) is 65.1 Å². The number of benzene rings is 2. The molecule has 3 aliphatic rings. The van der Waals surface area contributed by atoms with Gasteiger partial charge in [-0.1, -0.05) is 48.5 Å². The van der Waals surface area contributed by atoms with Crippen molar-refractivity contribution in [2.45, 2.75) is 30.7 Å². The van der Waals surface area contributed by atoms with E-state index >= 15 is 0 Å². The third-order valence-corrected chi connectivity index (χ3v) is 9.39. The summed E-state index contributed by atoms with van der Waals surface area (Å²) in [5, 5.41) is 3.20. The number of rotatable bonds is 5. The number of aromatic nitrogens is 1. The summed E-state index contributed by atoms with van der Waals surface area (Å²) >= 11 is 0. The topological polar surface area (TPSA) is 51.7 Å². The first-order chi connectivity index (χ1) is 18.8. The molecule has 6 nitrogen and oxygen atoms in total. The highest BCUT2D eigenvalue weighted by Gasteiger charge is 2.45. The number of hydrogen-bond donors (Lipinski definition) is 1. The first-order valence-corrected chi connectivity index (χ1v) is 14.9. The number of halogens is 1. The average molecular weight is 564 g/mol. The Morgan fingerprint density at radius 3 is 2.44 bits per heavy atom. The van der Waals surface area contributed by atoms with Crippen LogP contribution in [0.1, 0.15) is 24.8 Å². The SMILES string of the molecule is O=C(Nc1c(-c2ccccc2F)ccnc1N1CCC(P)(P)C1)N1CCC2(CCN(Cc3ccccc3)C2)C1. The number of carbonyl (C=O) groups excluding carboxylic acids is 1. The summed E-state index contributed by atoms with van der Waals surface area (Å²) in [6, 6.07) is 19.0. The fourth-order valence-electron chi connectivity index (χ4n) is 6.39. The van der Waals surface area contributed by atoms with Crippen LogP contribution in [0.4, 0.5) is 20.7 Å². The monoisotopic (exact) mass is 563 g/mol. The van der Waals surface area contributed by atoms with Gasteiger partial charge in [-0.2, -0.15) is 0 Å². The number of anilines is 2.